The Morgan fingerprint density at radius 3 is 2.11 bits per heavy atom. The van der Waals surface area contributed by atoms with Crippen LogP contribution in [0.15, 0.2) is 17.5 Å². The minimum Gasteiger partial charge on any atom is -0.326 e. The molecule has 0 amide bonds. The number of nitrogens with two attached hydrogens (primary N) is 1. The molecular formula is C16H30N2S. The Bertz CT molecular complexity index is 323. The lowest BCUT2D eigenvalue weighted by Gasteiger charge is -2.37. The molecule has 0 bridgehead atoms. The Labute approximate surface area is 123 Å². The summed E-state index contributed by atoms with van der Waals surface area (Å²) in [5, 5.41) is 2.16. The van der Waals surface area contributed by atoms with Crippen LogP contribution in [-0.4, -0.2) is 24.0 Å². The first kappa shape index (κ1) is 16.7. The normalized spacial score (nSPS) is 15.4. The summed E-state index contributed by atoms with van der Waals surface area (Å²) in [7, 11) is 0. The molecule has 2 unspecified atom stereocenters. The molecule has 1 heterocycles. The zero-order chi connectivity index (χ0) is 14.4. The molecule has 0 aliphatic carbocycles. The Morgan fingerprint density at radius 1 is 1.16 bits per heavy atom. The molecule has 0 aromatic carbocycles. The van der Waals surface area contributed by atoms with Crippen molar-refractivity contribution in [3.05, 3.63) is 22.4 Å². The van der Waals surface area contributed by atoms with Crippen LogP contribution in [-0.2, 0) is 0 Å². The fraction of sp³-hybridized carbons (Fsp3) is 0.750. The van der Waals surface area contributed by atoms with E-state index in [0.717, 1.165) is 19.5 Å². The molecule has 1 rings (SSSR count). The number of hydrogen-bond acceptors (Lipinski definition) is 3. The standard InChI is InChI=1S/C16H30N2S/c1-6-14(17)16(15-8-7-9-19-15)18(10-12(2)3)11-13(4)5/h7-9,12-14,16H,6,10-11,17H2,1-5H3. The molecule has 1 aromatic rings. The van der Waals surface area contributed by atoms with Crippen molar-refractivity contribution in [3.63, 3.8) is 0 Å². The van der Waals surface area contributed by atoms with Gasteiger partial charge in [0.2, 0.25) is 0 Å². The van der Waals surface area contributed by atoms with Crippen molar-refractivity contribution < 1.29 is 0 Å². The summed E-state index contributed by atoms with van der Waals surface area (Å²) in [5.41, 5.74) is 6.43. The first-order chi connectivity index (χ1) is 8.95. The van der Waals surface area contributed by atoms with Gasteiger partial charge in [-0.25, -0.2) is 0 Å². The lowest BCUT2D eigenvalue weighted by Crippen LogP contribution is -2.43. The minimum atomic E-state index is 0.219. The average molecular weight is 282 g/mol. The maximum atomic E-state index is 6.43. The fourth-order valence-electron chi connectivity index (χ4n) is 2.58. The summed E-state index contributed by atoms with van der Waals surface area (Å²) >= 11 is 1.84. The van der Waals surface area contributed by atoms with Crippen molar-refractivity contribution in [2.24, 2.45) is 17.6 Å². The Hall–Kier alpha value is -0.380. The molecule has 2 N–H and O–H groups in total. The zero-order valence-corrected chi connectivity index (χ0v) is 13.9. The smallest absolute Gasteiger partial charge is 0.0593 e. The molecule has 0 radical (unpaired) electrons. The predicted molar refractivity (Wildman–Crippen MR) is 86.6 cm³/mol. The van der Waals surface area contributed by atoms with E-state index in [1.165, 1.54) is 4.88 Å². The number of nitrogens with zero attached hydrogens (tertiary/aromatic N) is 1. The molecule has 19 heavy (non-hydrogen) atoms. The van der Waals surface area contributed by atoms with E-state index in [9.17, 15) is 0 Å². The van der Waals surface area contributed by atoms with Crippen molar-refractivity contribution >= 4 is 11.3 Å². The fourth-order valence-corrected chi connectivity index (χ4v) is 3.52. The van der Waals surface area contributed by atoms with E-state index in [0.29, 0.717) is 17.9 Å². The lowest BCUT2D eigenvalue weighted by atomic mass is 10.00. The summed E-state index contributed by atoms with van der Waals surface area (Å²) in [5.74, 6) is 1.34. The van der Waals surface area contributed by atoms with Crippen LogP contribution in [0.5, 0.6) is 0 Å². The summed E-state index contributed by atoms with van der Waals surface area (Å²) in [6, 6.07) is 4.96. The minimum absolute atomic E-state index is 0.219. The van der Waals surface area contributed by atoms with E-state index in [-0.39, 0.29) is 6.04 Å². The van der Waals surface area contributed by atoms with Gasteiger partial charge in [0.05, 0.1) is 6.04 Å². The highest BCUT2D eigenvalue weighted by Gasteiger charge is 2.27. The summed E-state index contributed by atoms with van der Waals surface area (Å²) in [4.78, 5) is 4.01. The van der Waals surface area contributed by atoms with Gasteiger partial charge < -0.3 is 5.73 Å². The largest absolute Gasteiger partial charge is 0.326 e. The van der Waals surface area contributed by atoms with E-state index < -0.39 is 0 Å². The first-order valence-electron chi connectivity index (χ1n) is 7.48. The van der Waals surface area contributed by atoms with Crippen LogP contribution in [0.3, 0.4) is 0 Å². The predicted octanol–water partition coefficient (Wildman–Crippen LogP) is 4.14. The molecule has 1 aromatic heterocycles. The van der Waals surface area contributed by atoms with Crippen LogP contribution in [0.1, 0.15) is 52.0 Å². The van der Waals surface area contributed by atoms with Gasteiger partial charge in [-0.15, -0.1) is 11.3 Å². The maximum Gasteiger partial charge on any atom is 0.0593 e. The number of rotatable bonds is 8. The molecule has 110 valence electrons. The van der Waals surface area contributed by atoms with Gasteiger partial charge in [-0.2, -0.15) is 0 Å². The van der Waals surface area contributed by atoms with Gasteiger partial charge in [0.1, 0.15) is 0 Å². The highest BCUT2D eigenvalue weighted by atomic mass is 32.1. The van der Waals surface area contributed by atoms with E-state index in [1.54, 1.807) is 0 Å². The highest BCUT2D eigenvalue weighted by molar-refractivity contribution is 7.10. The molecule has 0 aliphatic rings. The summed E-state index contributed by atoms with van der Waals surface area (Å²) in [6.45, 7) is 13.6. The van der Waals surface area contributed by atoms with Gasteiger partial charge in [-0.3, -0.25) is 4.90 Å². The Morgan fingerprint density at radius 2 is 1.74 bits per heavy atom. The molecule has 2 nitrogen and oxygen atoms in total. The summed E-state index contributed by atoms with van der Waals surface area (Å²) < 4.78 is 0. The zero-order valence-electron chi connectivity index (χ0n) is 13.1. The second kappa shape index (κ2) is 8.03. The van der Waals surface area contributed by atoms with Crippen LogP contribution in [0.4, 0.5) is 0 Å². The monoisotopic (exact) mass is 282 g/mol. The van der Waals surface area contributed by atoms with Crippen molar-refractivity contribution in [1.82, 2.24) is 4.90 Å². The van der Waals surface area contributed by atoms with Gasteiger partial charge in [0.25, 0.3) is 0 Å². The molecule has 0 fully saturated rings. The van der Waals surface area contributed by atoms with Crippen LogP contribution >= 0.6 is 11.3 Å². The SMILES string of the molecule is CCC(N)C(c1cccs1)N(CC(C)C)CC(C)C. The van der Waals surface area contributed by atoms with Crippen molar-refractivity contribution in [3.8, 4) is 0 Å². The lowest BCUT2D eigenvalue weighted by molar-refractivity contribution is 0.136. The Kier molecular flexibility index (Phi) is 7.05. The van der Waals surface area contributed by atoms with Crippen LogP contribution in [0.2, 0.25) is 0 Å². The van der Waals surface area contributed by atoms with E-state index in [1.807, 2.05) is 11.3 Å². The van der Waals surface area contributed by atoms with Crippen molar-refractivity contribution in [2.75, 3.05) is 13.1 Å². The molecule has 0 saturated carbocycles. The van der Waals surface area contributed by atoms with Crippen molar-refractivity contribution in [1.29, 1.82) is 0 Å². The van der Waals surface area contributed by atoms with Gasteiger partial charge in [0.15, 0.2) is 0 Å². The van der Waals surface area contributed by atoms with Gasteiger partial charge in [-0.05, 0) is 29.7 Å². The first-order valence-corrected chi connectivity index (χ1v) is 8.36. The molecule has 3 heteroatoms. The molecule has 0 spiro atoms. The van der Waals surface area contributed by atoms with Crippen molar-refractivity contribution in [2.45, 2.75) is 53.1 Å². The topological polar surface area (TPSA) is 29.3 Å². The second-order valence-electron chi connectivity index (χ2n) is 6.27. The molecule has 0 saturated heterocycles. The van der Waals surface area contributed by atoms with Crippen LogP contribution in [0.25, 0.3) is 0 Å². The maximum absolute atomic E-state index is 6.43. The quantitative estimate of drug-likeness (QED) is 0.776. The number of thiophene rings is 1. The molecule has 0 aliphatic heterocycles. The average Bonchev–Trinajstić information content (AvgIpc) is 2.80. The molecule has 2 atom stereocenters. The third-order valence-electron chi connectivity index (χ3n) is 3.30. The van der Waals surface area contributed by atoms with E-state index in [2.05, 4.69) is 57.0 Å². The van der Waals surface area contributed by atoms with Gasteiger partial charge in [0, 0.05) is 24.0 Å². The third kappa shape index (κ3) is 5.25. The van der Waals surface area contributed by atoms with Gasteiger partial charge in [-0.1, -0.05) is 40.7 Å². The summed E-state index contributed by atoms with van der Waals surface area (Å²) in [6.07, 6.45) is 1.02. The third-order valence-corrected chi connectivity index (χ3v) is 4.25. The van der Waals surface area contributed by atoms with Gasteiger partial charge >= 0.3 is 0 Å². The van der Waals surface area contributed by atoms with E-state index >= 15 is 0 Å². The van der Waals surface area contributed by atoms with E-state index in [4.69, 9.17) is 5.73 Å². The highest BCUT2D eigenvalue weighted by Crippen LogP contribution is 2.30. The van der Waals surface area contributed by atoms with Crippen LogP contribution < -0.4 is 5.73 Å². The molecular weight excluding hydrogens is 252 g/mol. The Balaban J connectivity index is 2.95. The number of hydrogen-bond donors (Lipinski definition) is 1. The van der Waals surface area contributed by atoms with Crippen LogP contribution in [0, 0.1) is 11.8 Å². The second-order valence-corrected chi connectivity index (χ2v) is 7.25.